The summed E-state index contributed by atoms with van der Waals surface area (Å²) >= 11 is 5.87. The summed E-state index contributed by atoms with van der Waals surface area (Å²) in [6.45, 7) is 2.26. The summed E-state index contributed by atoms with van der Waals surface area (Å²) < 4.78 is 5.89. The second-order valence-corrected chi connectivity index (χ2v) is 5.21. The van der Waals surface area contributed by atoms with Crippen LogP contribution in [0, 0.1) is 0 Å². The number of ether oxygens (including phenoxy) is 1. The Morgan fingerprint density at radius 3 is 2.57 bits per heavy atom. The molecule has 0 saturated heterocycles. The van der Waals surface area contributed by atoms with Crippen LogP contribution in [0.3, 0.4) is 0 Å². The zero-order valence-corrected chi connectivity index (χ0v) is 12.6. The predicted octanol–water partition coefficient (Wildman–Crippen LogP) is 3.39. The Hall–Kier alpha value is -1.55. The van der Waals surface area contributed by atoms with Crippen molar-refractivity contribution < 1.29 is 9.84 Å². The number of aliphatic hydroxyl groups is 1. The third-order valence-corrected chi connectivity index (χ3v) is 3.36. The molecule has 0 bridgehead atoms. The highest BCUT2D eigenvalue weighted by Crippen LogP contribution is 2.19. The molecule has 0 fully saturated rings. The molecule has 0 spiro atoms. The van der Waals surface area contributed by atoms with Crippen molar-refractivity contribution in [2.75, 3.05) is 13.2 Å². The number of nitrogens with one attached hydrogen (secondary N) is 1. The summed E-state index contributed by atoms with van der Waals surface area (Å²) in [5.41, 5.74) is 2.20. The molecule has 0 aliphatic carbocycles. The van der Waals surface area contributed by atoms with Gasteiger partial charge in [-0.25, -0.2) is 0 Å². The lowest BCUT2D eigenvalue weighted by molar-refractivity contribution is 0.285. The molecule has 2 aromatic rings. The zero-order chi connectivity index (χ0) is 14.9. The molecule has 0 radical (unpaired) electrons. The van der Waals surface area contributed by atoms with Crippen LogP contribution in [0.2, 0.25) is 5.02 Å². The van der Waals surface area contributed by atoms with Crippen LogP contribution in [0.4, 0.5) is 0 Å². The summed E-state index contributed by atoms with van der Waals surface area (Å²) in [7, 11) is 0. The van der Waals surface area contributed by atoms with Gasteiger partial charge in [0.15, 0.2) is 0 Å². The van der Waals surface area contributed by atoms with Gasteiger partial charge in [0.05, 0.1) is 0 Å². The van der Waals surface area contributed by atoms with E-state index >= 15 is 0 Å². The summed E-state index contributed by atoms with van der Waals surface area (Å²) in [4.78, 5) is 0. The predicted molar refractivity (Wildman–Crippen MR) is 85.6 cm³/mol. The first-order chi connectivity index (χ1) is 10.3. The molecule has 0 atom stereocenters. The van der Waals surface area contributed by atoms with Crippen LogP contribution < -0.4 is 10.1 Å². The van der Waals surface area contributed by atoms with Crippen molar-refractivity contribution >= 4 is 11.6 Å². The number of hydrogen-bond donors (Lipinski definition) is 2. The van der Waals surface area contributed by atoms with Gasteiger partial charge in [-0.15, -0.1) is 0 Å². The van der Waals surface area contributed by atoms with Gasteiger partial charge < -0.3 is 15.2 Å². The normalized spacial score (nSPS) is 10.6. The van der Waals surface area contributed by atoms with E-state index in [1.165, 1.54) is 0 Å². The second kappa shape index (κ2) is 8.67. The highest BCUT2D eigenvalue weighted by atomic mass is 35.5. The van der Waals surface area contributed by atoms with Gasteiger partial charge in [-0.3, -0.25) is 0 Å². The van der Waals surface area contributed by atoms with Crippen LogP contribution in [0.1, 0.15) is 17.5 Å². The Bertz CT molecular complexity index is 543. The molecule has 0 unspecified atom stereocenters. The first-order valence-corrected chi connectivity index (χ1v) is 7.44. The van der Waals surface area contributed by atoms with Gasteiger partial charge in [0.1, 0.15) is 12.4 Å². The van der Waals surface area contributed by atoms with Crippen LogP contribution >= 0.6 is 11.6 Å². The zero-order valence-electron chi connectivity index (χ0n) is 11.9. The van der Waals surface area contributed by atoms with Gasteiger partial charge in [0.2, 0.25) is 0 Å². The van der Waals surface area contributed by atoms with E-state index < -0.39 is 0 Å². The van der Waals surface area contributed by atoms with E-state index in [4.69, 9.17) is 21.4 Å². The van der Waals surface area contributed by atoms with Crippen LogP contribution in [-0.4, -0.2) is 18.3 Å². The molecule has 0 heterocycles. The third-order valence-electron chi connectivity index (χ3n) is 3.11. The Kier molecular flexibility index (Phi) is 6.54. The maximum atomic E-state index is 8.77. The number of para-hydroxylation sites is 1. The highest BCUT2D eigenvalue weighted by Gasteiger charge is 2.03. The van der Waals surface area contributed by atoms with Crippen molar-refractivity contribution in [3.8, 4) is 5.75 Å². The van der Waals surface area contributed by atoms with Crippen molar-refractivity contribution in [2.24, 2.45) is 0 Å². The van der Waals surface area contributed by atoms with Crippen molar-refractivity contribution in [3.05, 3.63) is 64.7 Å². The highest BCUT2D eigenvalue weighted by molar-refractivity contribution is 6.30. The number of benzene rings is 2. The molecular weight excluding hydrogens is 286 g/mol. The summed E-state index contributed by atoms with van der Waals surface area (Å²) in [5.74, 6) is 0.879. The number of rotatable bonds is 8. The van der Waals surface area contributed by atoms with E-state index in [2.05, 4.69) is 5.32 Å². The van der Waals surface area contributed by atoms with Gasteiger partial charge in [-0.1, -0.05) is 41.9 Å². The Labute approximate surface area is 130 Å². The lowest BCUT2D eigenvalue weighted by Crippen LogP contribution is -2.16. The molecule has 2 N–H and O–H groups in total. The summed E-state index contributed by atoms with van der Waals surface area (Å²) in [6.07, 6.45) is 0.758. The molecule has 2 aromatic carbocycles. The van der Waals surface area contributed by atoms with E-state index in [0.717, 1.165) is 41.4 Å². The molecule has 4 heteroatoms. The minimum Gasteiger partial charge on any atom is -0.489 e. The molecular formula is C17H20ClNO2. The summed E-state index contributed by atoms with van der Waals surface area (Å²) in [6, 6.07) is 15.6. The average Bonchev–Trinajstić information content (AvgIpc) is 2.52. The first kappa shape index (κ1) is 15.8. The smallest absolute Gasteiger partial charge is 0.124 e. The quantitative estimate of drug-likeness (QED) is 0.735. The molecule has 0 saturated carbocycles. The van der Waals surface area contributed by atoms with Crippen LogP contribution in [-0.2, 0) is 13.2 Å². The molecule has 3 nitrogen and oxygen atoms in total. The fraction of sp³-hybridized carbons (Fsp3) is 0.294. The fourth-order valence-corrected chi connectivity index (χ4v) is 2.09. The maximum Gasteiger partial charge on any atom is 0.124 e. The fourth-order valence-electron chi connectivity index (χ4n) is 1.96. The van der Waals surface area contributed by atoms with Crippen molar-refractivity contribution in [1.82, 2.24) is 5.32 Å². The molecule has 0 aliphatic heterocycles. The molecule has 112 valence electrons. The van der Waals surface area contributed by atoms with Crippen molar-refractivity contribution in [3.63, 3.8) is 0 Å². The second-order valence-electron chi connectivity index (χ2n) is 4.78. The standard InChI is InChI=1S/C17H20ClNO2/c18-16-8-6-14(7-9-16)13-21-17-5-2-1-4-15(17)12-19-10-3-11-20/h1-2,4-9,19-20H,3,10-13H2. The molecule has 0 amide bonds. The first-order valence-electron chi connectivity index (χ1n) is 7.06. The van der Waals surface area contributed by atoms with Gasteiger partial charge in [-0.05, 0) is 36.7 Å². The Morgan fingerprint density at radius 2 is 1.81 bits per heavy atom. The lowest BCUT2D eigenvalue weighted by atomic mass is 10.2. The number of halogens is 1. The number of hydrogen-bond acceptors (Lipinski definition) is 3. The SMILES string of the molecule is OCCCNCc1ccccc1OCc1ccc(Cl)cc1. The van der Waals surface area contributed by atoms with Gasteiger partial charge in [-0.2, -0.15) is 0 Å². The lowest BCUT2D eigenvalue weighted by Gasteiger charge is -2.12. The van der Waals surface area contributed by atoms with E-state index in [9.17, 15) is 0 Å². The Balaban J connectivity index is 1.91. The van der Waals surface area contributed by atoms with Gasteiger partial charge in [0.25, 0.3) is 0 Å². The van der Waals surface area contributed by atoms with Crippen LogP contribution in [0.5, 0.6) is 5.75 Å². The molecule has 21 heavy (non-hydrogen) atoms. The molecule has 0 aliphatic rings. The average molecular weight is 306 g/mol. The minimum atomic E-state index is 0.210. The maximum absolute atomic E-state index is 8.77. The van der Waals surface area contributed by atoms with Gasteiger partial charge >= 0.3 is 0 Å². The Morgan fingerprint density at radius 1 is 1.05 bits per heavy atom. The minimum absolute atomic E-state index is 0.210. The largest absolute Gasteiger partial charge is 0.489 e. The van der Waals surface area contributed by atoms with E-state index in [-0.39, 0.29) is 6.61 Å². The molecule has 0 aromatic heterocycles. The van der Waals surface area contributed by atoms with Crippen LogP contribution in [0.25, 0.3) is 0 Å². The van der Waals surface area contributed by atoms with Crippen molar-refractivity contribution in [1.29, 1.82) is 0 Å². The van der Waals surface area contributed by atoms with E-state index in [0.29, 0.717) is 6.61 Å². The van der Waals surface area contributed by atoms with E-state index in [1.54, 1.807) is 0 Å². The van der Waals surface area contributed by atoms with Gasteiger partial charge in [0, 0.05) is 23.7 Å². The topological polar surface area (TPSA) is 41.5 Å². The molecule has 2 rings (SSSR count). The van der Waals surface area contributed by atoms with Crippen molar-refractivity contribution in [2.45, 2.75) is 19.6 Å². The van der Waals surface area contributed by atoms with Crippen LogP contribution in [0.15, 0.2) is 48.5 Å². The third kappa shape index (κ3) is 5.38. The number of aliphatic hydroxyl groups excluding tert-OH is 1. The van der Waals surface area contributed by atoms with E-state index in [1.807, 2.05) is 48.5 Å². The monoisotopic (exact) mass is 305 g/mol. The summed E-state index contributed by atoms with van der Waals surface area (Å²) in [5, 5.41) is 12.8.